The summed E-state index contributed by atoms with van der Waals surface area (Å²) in [5.74, 6) is 1.72. The lowest BCUT2D eigenvalue weighted by Crippen LogP contribution is -2.18. The zero-order valence-electron chi connectivity index (χ0n) is 41.7. The lowest BCUT2D eigenvalue weighted by atomic mass is 9.86. The van der Waals surface area contributed by atoms with Crippen LogP contribution in [0, 0.1) is 0 Å². The summed E-state index contributed by atoms with van der Waals surface area (Å²) < 4.78 is 0. The van der Waals surface area contributed by atoms with Crippen molar-refractivity contribution in [2.45, 2.75) is 77.3 Å². The van der Waals surface area contributed by atoms with E-state index in [4.69, 9.17) is 20.2 Å². The SMILES string of the molecule is CC(C)(C)c1ccc(C2=NN(c3ccc(-c4nc5ccccc5[nH]4)cc3)C(c3ccc(-c4ccc(C5CC(c6ccc(C(C)(C)C)cc6)=NN5c5ccc(-c6nc7ccccc7[nH]6)cc5)cc4)cc3)C2)cc1. The standard InChI is InChI=1S/C64H58N8/c1-63(2,3)49-31-23-43(24-32-49)57-39-59(71(69-57)51-35-27-47(28-36-51)61-65-53-11-7-8-12-54(53)66-61)45-19-15-41(16-20-45)42-17-21-46(22-18-42)60-40-58(44-25-33-50(34-26-44)64(4,5)6)70-72(60)52-37-29-48(30-38-52)62-67-55-13-9-10-14-56(55)68-62/h7-38,59-60H,39-40H2,1-6H3,(H,65,66)(H,67,68). The second-order valence-corrected chi connectivity index (χ2v) is 21.4. The molecule has 8 heteroatoms. The Kier molecular flexibility index (Phi) is 11.1. The number of hydrazone groups is 2. The minimum absolute atomic E-state index is 0.0239. The molecular formula is C64H58N8. The Morgan fingerprint density at radius 1 is 0.375 bits per heavy atom. The van der Waals surface area contributed by atoms with Crippen molar-refractivity contribution in [3.63, 3.8) is 0 Å². The van der Waals surface area contributed by atoms with E-state index in [0.29, 0.717) is 0 Å². The van der Waals surface area contributed by atoms with Crippen LogP contribution in [0.3, 0.4) is 0 Å². The van der Waals surface area contributed by atoms with E-state index in [2.05, 4.69) is 219 Å². The molecule has 0 aliphatic carbocycles. The van der Waals surface area contributed by atoms with Crippen molar-refractivity contribution in [2.75, 3.05) is 10.0 Å². The van der Waals surface area contributed by atoms with E-state index >= 15 is 0 Å². The maximum Gasteiger partial charge on any atom is 0.138 e. The summed E-state index contributed by atoms with van der Waals surface area (Å²) in [7, 11) is 0. The van der Waals surface area contributed by atoms with Gasteiger partial charge >= 0.3 is 0 Å². The zero-order chi connectivity index (χ0) is 49.1. The number of benzene rings is 8. The van der Waals surface area contributed by atoms with E-state index in [1.807, 2.05) is 36.4 Å². The lowest BCUT2D eigenvalue weighted by Gasteiger charge is -2.25. The molecule has 12 rings (SSSR count). The molecule has 8 nitrogen and oxygen atoms in total. The number of nitrogens with one attached hydrogen (secondary N) is 2. The predicted octanol–water partition coefficient (Wildman–Crippen LogP) is 15.7. The highest BCUT2D eigenvalue weighted by atomic mass is 15.5. The summed E-state index contributed by atoms with van der Waals surface area (Å²) in [5, 5.41) is 15.1. The third kappa shape index (κ3) is 8.68. The first-order valence-electron chi connectivity index (χ1n) is 25.1. The van der Waals surface area contributed by atoms with Gasteiger partial charge in [0, 0.05) is 24.0 Å². The molecule has 0 radical (unpaired) electrons. The third-order valence-electron chi connectivity index (χ3n) is 14.5. The van der Waals surface area contributed by atoms with Crippen LogP contribution in [0.15, 0.2) is 204 Å². The topological polar surface area (TPSA) is 88.6 Å². The van der Waals surface area contributed by atoms with Crippen LogP contribution < -0.4 is 10.0 Å². The van der Waals surface area contributed by atoms with E-state index in [0.717, 1.165) is 91.6 Å². The summed E-state index contributed by atoms with van der Waals surface area (Å²) in [6.07, 6.45) is 1.58. The Bertz CT molecular complexity index is 3310. The van der Waals surface area contributed by atoms with Crippen molar-refractivity contribution in [3.8, 4) is 33.9 Å². The molecule has 0 amide bonds. The Balaban J connectivity index is 0.815. The molecular weight excluding hydrogens is 881 g/mol. The maximum absolute atomic E-state index is 5.34. The second kappa shape index (κ2) is 17.8. The average molecular weight is 939 g/mol. The number of hydrogen-bond acceptors (Lipinski definition) is 6. The fourth-order valence-electron chi connectivity index (χ4n) is 10.2. The number of H-pyrrole nitrogens is 2. The molecule has 2 aliphatic heterocycles. The number of fused-ring (bicyclic) bond motifs is 2. The van der Waals surface area contributed by atoms with Gasteiger partial charge in [0.25, 0.3) is 0 Å². The van der Waals surface area contributed by atoms with Gasteiger partial charge in [-0.05, 0) is 128 Å². The molecule has 354 valence electrons. The summed E-state index contributed by atoms with van der Waals surface area (Å²) >= 11 is 0. The number of imidazole rings is 2. The van der Waals surface area contributed by atoms with Crippen molar-refractivity contribution in [1.29, 1.82) is 0 Å². The third-order valence-corrected chi connectivity index (χ3v) is 14.5. The monoisotopic (exact) mass is 938 g/mol. The zero-order valence-corrected chi connectivity index (χ0v) is 41.7. The largest absolute Gasteiger partial charge is 0.338 e. The molecule has 2 aliphatic rings. The molecule has 2 N–H and O–H groups in total. The van der Waals surface area contributed by atoms with Gasteiger partial charge in [0.1, 0.15) is 11.6 Å². The van der Waals surface area contributed by atoms with Crippen LogP contribution in [0.2, 0.25) is 0 Å². The molecule has 0 spiro atoms. The lowest BCUT2D eigenvalue weighted by molar-refractivity contribution is 0.590. The number of rotatable bonds is 9. The first-order chi connectivity index (χ1) is 34.9. The van der Waals surface area contributed by atoms with Gasteiger partial charge in [0.05, 0.1) is 56.9 Å². The molecule has 2 aromatic heterocycles. The Morgan fingerprint density at radius 2 is 0.708 bits per heavy atom. The molecule has 2 atom stereocenters. The van der Waals surface area contributed by atoms with Crippen molar-refractivity contribution < 1.29 is 0 Å². The molecule has 0 saturated heterocycles. The first-order valence-corrected chi connectivity index (χ1v) is 25.1. The van der Waals surface area contributed by atoms with Gasteiger partial charge in [0.2, 0.25) is 0 Å². The van der Waals surface area contributed by atoms with Crippen LogP contribution in [0.4, 0.5) is 11.4 Å². The fraction of sp³-hybridized carbons (Fsp3) is 0.188. The summed E-state index contributed by atoms with van der Waals surface area (Å²) in [6.45, 7) is 13.5. The highest BCUT2D eigenvalue weighted by molar-refractivity contribution is 6.04. The minimum Gasteiger partial charge on any atom is -0.338 e. The van der Waals surface area contributed by atoms with Crippen LogP contribution in [-0.4, -0.2) is 31.4 Å². The van der Waals surface area contributed by atoms with E-state index in [-0.39, 0.29) is 22.9 Å². The summed E-state index contributed by atoms with van der Waals surface area (Å²) in [4.78, 5) is 16.7. The number of para-hydroxylation sites is 4. The van der Waals surface area contributed by atoms with Gasteiger partial charge in [-0.2, -0.15) is 10.2 Å². The van der Waals surface area contributed by atoms with Gasteiger partial charge in [0.15, 0.2) is 0 Å². The van der Waals surface area contributed by atoms with Gasteiger partial charge in [-0.25, -0.2) is 9.97 Å². The van der Waals surface area contributed by atoms with Gasteiger partial charge in [-0.1, -0.05) is 163 Å². The first kappa shape index (κ1) is 44.8. The number of anilines is 2. The minimum atomic E-state index is 0.0239. The molecule has 4 heterocycles. The summed E-state index contributed by atoms with van der Waals surface area (Å²) in [5.41, 5.74) is 20.2. The van der Waals surface area contributed by atoms with E-state index in [9.17, 15) is 0 Å². The van der Waals surface area contributed by atoms with Gasteiger partial charge in [-0.15, -0.1) is 0 Å². The maximum atomic E-state index is 5.34. The molecule has 0 fully saturated rings. The van der Waals surface area contributed by atoms with Crippen molar-refractivity contribution in [1.82, 2.24) is 19.9 Å². The Labute approximate surface area is 421 Å². The molecule has 72 heavy (non-hydrogen) atoms. The van der Waals surface area contributed by atoms with Crippen LogP contribution in [0.25, 0.3) is 56.0 Å². The highest BCUT2D eigenvalue weighted by Gasteiger charge is 2.32. The number of aromatic amines is 2. The van der Waals surface area contributed by atoms with Crippen LogP contribution in [0.5, 0.6) is 0 Å². The van der Waals surface area contributed by atoms with Crippen molar-refractivity contribution in [3.05, 3.63) is 228 Å². The molecule has 10 aromatic rings. The predicted molar refractivity (Wildman–Crippen MR) is 298 cm³/mol. The normalized spacial score (nSPS) is 16.2. The molecule has 2 unspecified atom stereocenters. The van der Waals surface area contributed by atoms with Crippen LogP contribution in [-0.2, 0) is 10.8 Å². The number of aromatic nitrogens is 4. The van der Waals surface area contributed by atoms with E-state index in [1.165, 1.54) is 33.4 Å². The highest BCUT2D eigenvalue weighted by Crippen LogP contribution is 2.41. The average Bonchev–Trinajstić information content (AvgIpc) is 4.24. The smallest absolute Gasteiger partial charge is 0.138 e. The van der Waals surface area contributed by atoms with Crippen molar-refractivity contribution in [2.24, 2.45) is 10.2 Å². The van der Waals surface area contributed by atoms with Gasteiger partial charge < -0.3 is 9.97 Å². The molecule has 8 aromatic carbocycles. The Hall–Kier alpha value is -8.36. The Morgan fingerprint density at radius 3 is 1.06 bits per heavy atom. The summed E-state index contributed by atoms with van der Waals surface area (Å²) in [6, 6.07) is 69.7. The quantitative estimate of drug-likeness (QED) is 0.151. The van der Waals surface area contributed by atoms with E-state index in [1.54, 1.807) is 0 Å². The fourth-order valence-corrected chi connectivity index (χ4v) is 10.2. The number of hydrogen-bond donors (Lipinski definition) is 2. The molecule has 0 bridgehead atoms. The van der Waals surface area contributed by atoms with Crippen LogP contribution >= 0.6 is 0 Å². The van der Waals surface area contributed by atoms with Crippen molar-refractivity contribution >= 4 is 44.9 Å². The molecule has 0 saturated carbocycles. The van der Waals surface area contributed by atoms with Gasteiger partial charge in [-0.3, -0.25) is 10.0 Å². The number of nitrogens with zero attached hydrogens (tertiary/aromatic N) is 6. The second-order valence-electron chi connectivity index (χ2n) is 21.4. The van der Waals surface area contributed by atoms with Crippen LogP contribution in [0.1, 0.15) is 99.8 Å². The van der Waals surface area contributed by atoms with E-state index < -0.39 is 0 Å².